The van der Waals surface area contributed by atoms with Gasteiger partial charge in [-0.15, -0.1) is 0 Å². The van der Waals surface area contributed by atoms with E-state index in [4.69, 9.17) is 10.5 Å². The minimum atomic E-state index is -3.65. The number of methoxy groups -OCH3 is 1. The molecule has 0 bridgehead atoms. The van der Waals surface area contributed by atoms with Crippen molar-refractivity contribution in [1.29, 1.82) is 0 Å². The third-order valence-electron chi connectivity index (χ3n) is 2.69. The van der Waals surface area contributed by atoms with Crippen LogP contribution in [0.1, 0.15) is 5.56 Å². The molecule has 5 nitrogen and oxygen atoms in total. The van der Waals surface area contributed by atoms with Crippen LogP contribution >= 0.6 is 0 Å². The van der Waals surface area contributed by atoms with Gasteiger partial charge >= 0.3 is 0 Å². The first-order valence-corrected chi connectivity index (χ1v) is 7.11. The highest BCUT2D eigenvalue weighted by molar-refractivity contribution is 7.91. The maximum atomic E-state index is 12.5. The molecule has 0 spiro atoms. The third-order valence-corrected chi connectivity index (χ3v) is 4.46. The molecule has 100 valence electrons. The van der Waals surface area contributed by atoms with Crippen LogP contribution in [0.25, 0.3) is 0 Å². The normalized spacial score (nSPS) is 11.3. The molecular weight excluding hydrogens is 264 g/mol. The van der Waals surface area contributed by atoms with Gasteiger partial charge in [0.15, 0.2) is 5.03 Å². The van der Waals surface area contributed by atoms with Gasteiger partial charge in [-0.3, -0.25) is 0 Å². The van der Waals surface area contributed by atoms with Crippen molar-refractivity contribution in [3.05, 3.63) is 48.2 Å². The Bertz CT molecular complexity index is 667. The number of nitrogens with two attached hydrogens (primary N) is 1. The average molecular weight is 278 g/mol. The van der Waals surface area contributed by atoms with Crippen molar-refractivity contribution in [2.75, 3.05) is 7.11 Å². The van der Waals surface area contributed by atoms with Gasteiger partial charge in [-0.2, -0.15) is 0 Å². The number of hydrogen-bond donors (Lipinski definition) is 1. The molecule has 1 aromatic heterocycles. The lowest BCUT2D eigenvalue weighted by Crippen LogP contribution is -2.10. The number of rotatable bonds is 4. The topological polar surface area (TPSA) is 82.3 Å². The molecule has 0 radical (unpaired) electrons. The van der Waals surface area contributed by atoms with E-state index in [0.717, 1.165) is 0 Å². The summed E-state index contributed by atoms with van der Waals surface area (Å²) in [5, 5.41) is 0.00247. The van der Waals surface area contributed by atoms with Gasteiger partial charge in [0.05, 0.1) is 12.0 Å². The summed E-state index contributed by atoms with van der Waals surface area (Å²) in [6, 6.07) is 9.49. The summed E-state index contributed by atoms with van der Waals surface area (Å²) < 4.78 is 29.9. The highest BCUT2D eigenvalue weighted by Crippen LogP contribution is 2.23. The van der Waals surface area contributed by atoms with Gasteiger partial charge in [0, 0.05) is 18.3 Å². The molecule has 0 amide bonds. The van der Waals surface area contributed by atoms with Crippen LogP contribution in [0, 0.1) is 0 Å². The Morgan fingerprint density at radius 3 is 2.47 bits per heavy atom. The Morgan fingerprint density at radius 2 is 1.89 bits per heavy atom. The van der Waals surface area contributed by atoms with Gasteiger partial charge in [0.2, 0.25) is 9.84 Å². The first kappa shape index (κ1) is 13.5. The fourth-order valence-electron chi connectivity index (χ4n) is 1.69. The van der Waals surface area contributed by atoms with Gasteiger partial charge in [0.1, 0.15) is 5.75 Å². The molecule has 19 heavy (non-hydrogen) atoms. The summed E-state index contributed by atoms with van der Waals surface area (Å²) in [4.78, 5) is 4.11. The van der Waals surface area contributed by atoms with Crippen LogP contribution in [0.5, 0.6) is 5.75 Å². The molecule has 0 atom stereocenters. The van der Waals surface area contributed by atoms with Crippen LogP contribution in [0.3, 0.4) is 0 Å². The van der Waals surface area contributed by atoms with Crippen molar-refractivity contribution in [2.24, 2.45) is 5.73 Å². The number of sulfone groups is 1. The minimum Gasteiger partial charge on any atom is -0.497 e. The van der Waals surface area contributed by atoms with Gasteiger partial charge in [-0.05, 0) is 30.3 Å². The molecule has 0 saturated heterocycles. The second-order valence-corrected chi connectivity index (χ2v) is 5.72. The third kappa shape index (κ3) is 2.59. The highest BCUT2D eigenvalue weighted by atomic mass is 32.2. The van der Waals surface area contributed by atoms with E-state index in [1.165, 1.54) is 25.4 Å². The largest absolute Gasteiger partial charge is 0.497 e. The summed E-state index contributed by atoms with van der Waals surface area (Å²) in [6.07, 6.45) is 1.44. The van der Waals surface area contributed by atoms with Gasteiger partial charge in [-0.25, -0.2) is 13.4 Å². The Morgan fingerprint density at radius 1 is 1.21 bits per heavy atom. The second-order valence-electron chi connectivity index (χ2n) is 3.85. The number of hydrogen-bond acceptors (Lipinski definition) is 5. The van der Waals surface area contributed by atoms with Crippen LogP contribution in [0.15, 0.2) is 52.5 Å². The van der Waals surface area contributed by atoms with Crippen molar-refractivity contribution >= 4 is 9.84 Å². The van der Waals surface area contributed by atoms with Crippen LogP contribution < -0.4 is 10.5 Å². The molecule has 2 aromatic rings. The van der Waals surface area contributed by atoms with Crippen molar-refractivity contribution in [1.82, 2.24) is 4.98 Å². The Labute approximate surface area is 112 Å². The smallest absolute Gasteiger partial charge is 0.224 e. The van der Waals surface area contributed by atoms with E-state index in [1.807, 2.05) is 0 Å². The fraction of sp³-hybridized carbons (Fsp3) is 0.154. The van der Waals surface area contributed by atoms with E-state index >= 15 is 0 Å². The number of nitrogens with zero attached hydrogens (tertiary/aromatic N) is 1. The second kappa shape index (κ2) is 5.38. The minimum absolute atomic E-state index is 0.00247. The monoisotopic (exact) mass is 278 g/mol. The molecule has 1 heterocycles. The van der Waals surface area contributed by atoms with E-state index in [9.17, 15) is 8.42 Å². The number of aromatic nitrogens is 1. The van der Waals surface area contributed by atoms with Crippen molar-refractivity contribution in [2.45, 2.75) is 16.5 Å². The molecular formula is C13H14N2O3S. The SMILES string of the molecule is COc1ccc(S(=O)(=O)c2ncccc2CN)cc1. The lowest BCUT2D eigenvalue weighted by Gasteiger charge is -2.08. The van der Waals surface area contributed by atoms with Crippen LogP contribution in [-0.2, 0) is 16.4 Å². The molecule has 0 aliphatic rings. The van der Waals surface area contributed by atoms with Crippen LogP contribution in [0.4, 0.5) is 0 Å². The van der Waals surface area contributed by atoms with Gasteiger partial charge < -0.3 is 10.5 Å². The molecule has 0 saturated carbocycles. The summed E-state index contributed by atoms with van der Waals surface area (Å²) in [5.41, 5.74) is 6.05. The average Bonchev–Trinajstić information content (AvgIpc) is 2.47. The molecule has 2 N–H and O–H groups in total. The zero-order valence-corrected chi connectivity index (χ0v) is 11.2. The van der Waals surface area contributed by atoms with E-state index in [1.54, 1.807) is 24.3 Å². The summed E-state index contributed by atoms with van der Waals surface area (Å²) in [6.45, 7) is 0.124. The van der Waals surface area contributed by atoms with Crippen LogP contribution in [-0.4, -0.2) is 20.5 Å². The summed E-state index contributed by atoms with van der Waals surface area (Å²) in [7, 11) is -2.13. The maximum absolute atomic E-state index is 12.5. The van der Waals surface area contributed by atoms with E-state index < -0.39 is 9.84 Å². The highest BCUT2D eigenvalue weighted by Gasteiger charge is 2.22. The standard InChI is InChI=1S/C13H14N2O3S/c1-18-11-4-6-12(7-5-11)19(16,17)13-10(9-14)3-2-8-15-13/h2-8H,9,14H2,1H3. The molecule has 2 rings (SSSR count). The maximum Gasteiger partial charge on any atom is 0.224 e. The predicted octanol–water partition coefficient (Wildman–Crippen LogP) is 1.38. The van der Waals surface area contributed by atoms with Gasteiger partial charge in [-0.1, -0.05) is 6.07 Å². The zero-order chi connectivity index (χ0) is 13.9. The molecule has 1 aromatic carbocycles. The number of pyridine rings is 1. The lowest BCUT2D eigenvalue weighted by atomic mass is 10.3. The zero-order valence-electron chi connectivity index (χ0n) is 10.4. The fourth-order valence-corrected chi connectivity index (χ4v) is 3.10. The lowest BCUT2D eigenvalue weighted by molar-refractivity contribution is 0.414. The van der Waals surface area contributed by atoms with E-state index in [2.05, 4.69) is 4.98 Å². The first-order chi connectivity index (χ1) is 9.09. The predicted molar refractivity (Wildman–Crippen MR) is 70.6 cm³/mol. The van der Waals surface area contributed by atoms with Crippen molar-refractivity contribution < 1.29 is 13.2 Å². The molecule has 0 fully saturated rings. The molecule has 0 aliphatic heterocycles. The molecule has 0 aliphatic carbocycles. The summed E-state index contributed by atoms with van der Waals surface area (Å²) >= 11 is 0. The Kier molecular flexibility index (Phi) is 3.82. The van der Waals surface area contributed by atoms with Crippen molar-refractivity contribution in [3.63, 3.8) is 0 Å². The number of benzene rings is 1. The van der Waals surface area contributed by atoms with E-state index in [-0.39, 0.29) is 16.5 Å². The summed E-state index contributed by atoms with van der Waals surface area (Å²) in [5.74, 6) is 0.596. The molecule has 6 heteroatoms. The van der Waals surface area contributed by atoms with Crippen molar-refractivity contribution in [3.8, 4) is 5.75 Å². The quantitative estimate of drug-likeness (QED) is 0.913. The number of ether oxygens (including phenoxy) is 1. The molecule has 0 unspecified atom stereocenters. The first-order valence-electron chi connectivity index (χ1n) is 5.62. The van der Waals surface area contributed by atoms with E-state index in [0.29, 0.717) is 11.3 Å². The van der Waals surface area contributed by atoms with Gasteiger partial charge in [0.25, 0.3) is 0 Å². The van der Waals surface area contributed by atoms with Crippen LogP contribution in [0.2, 0.25) is 0 Å². The Balaban J connectivity index is 2.52. The Hall–Kier alpha value is -1.92.